The first kappa shape index (κ1) is 13.0. The van der Waals surface area contributed by atoms with Crippen LogP contribution in [0.5, 0.6) is 0 Å². The van der Waals surface area contributed by atoms with Gasteiger partial charge in [-0.2, -0.15) is 0 Å². The topological polar surface area (TPSA) is 50.4 Å². The summed E-state index contributed by atoms with van der Waals surface area (Å²) in [6, 6.07) is 4.57. The van der Waals surface area contributed by atoms with Gasteiger partial charge in [-0.1, -0.05) is 6.07 Å². The zero-order chi connectivity index (χ0) is 13.0. The standard InChI is InChI=1S/C13H17FN2O2/c1-9-2-3-11(12(14)6-9)13(17)16-8-10-7-15-4-5-18-10/h2-3,6,10,15H,4-5,7-8H2,1H3,(H,16,17). The molecule has 0 aliphatic carbocycles. The fourth-order valence-electron chi connectivity index (χ4n) is 1.86. The Balaban J connectivity index is 1.90. The first-order chi connectivity index (χ1) is 8.66. The summed E-state index contributed by atoms with van der Waals surface area (Å²) in [5.74, 6) is -0.892. The van der Waals surface area contributed by atoms with Crippen LogP contribution in [0.2, 0.25) is 0 Å². The van der Waals surface area contributed by atoms with Crippen molar-refractivity contribution in [1.82, 2.24) is 10.6 Å². The Bertz CT molecular complexity index is 431. The van der Waals surface area contributed by atoms with Crippen molar-refractivity contribution in [2.45, 2.75) is 13.0 Å². The molecule has 1 aliphatic rings. The van der Waals surface area contributed by atoms with E-state index in [1.165, 1.54) is 12.1 Å². The number of ether oxygens (including phenoxy) is 1. The minimum absolute atomic E-state index is 0.0452. The van der Waals surface area contributed by atoms with E-state index in [0.717, 1.165) is 12.1 Å². The third kappa shape index (κ3) is 3.27. The zero-order valence-electron chi connectivity index (χ0n) is 10.3. The average Bonchev–Trinajstić information content (AvgIpc) is 2.37. The van der Waals surface area contributed by atoms with Crippen molar-refractivity contribution >= 4 is 5.91 Å². The fraction of sp³-hybridized carbons (Fsp3) is 0.462. The summed E-state index contributed by atoms with van der Waals surface area (Å²) in [5, 5.41) is 5.85. The van der Waals surface area contributed by atoms with Gasteiger partial charge in [-0.3, -0.25) is 4.79 Å². The molecule has 1 amide bonds. The molecule has 1 aromatic carbocycles. The van der Waals surface area contributed by atoms with E-state index in [9.17, 15) is 9.18 Å². The normalized spacial score (nSPS) is 19.6. The number of aryl methyl sites for hydroxylation is 1. The summed E-state index contributed by atoms with van der Waals surface area (Å²) >= 11 is 0. The SMILES string of the molecule is Cc1ccc(C(=O)NCC2CNCCO2)c(F)c1. The molecular formula is C13H17FN2O2. The van der Waals surface area contributed by atoms with E-state index in [0.29, 0.717) is 19.7 Å². The quantitative estimate of drug-likeness (QED) is 0.838. The van der Waals surface area contributed by atoms with Gasteiger partial charge in [0, 0.05) is 19.6 Å². The Hall–Kier alpha value is -1.46. The lowest BCUT2D eigenvalue weighted by Crippen LogP contribution is -2.45. The molecule has 1 heterocycles. The molecule has 18 heavy (non-hydrogen) atoms. The number of hydrogen-bond acceptors (Lipinski definition) is 3. The minimum Gasteiger partial charge on any atom is -0.374 e. The van der Waals surface area contributed by atoms with Crippen molar-refractivity contribution < 1.29 is 13.9 Å². The Morgan fingerprint density at radius 1 is 1.61 bits per heavy atom. The third-order valence-electron chi connectivity index (χ3n) is 2.86. The molecule has 1 saturated heterocycles. The summed E-state index contributed by atoms with van der Waals surface area (Å²) in [6.45, 7) is 4.35. The lowest BCUT2D eigenvalue weighted by molar-refractivity contribution is 0.0287. The highest BCUT2D eigenvalue weighted by Crippen LogP contribution is 2.09. The average molecular weight is 252 g/mol. The zero-order valence-corrected chi connectivity index (χ0v) is 10.3. The smallest absolute Gasteiger partial charge is 0.254 e. The van der Waals surface area contributed by atoms with Gasteiger partial charge in [0.05, 0.1) is 18.3 Å². The molecule has 0 bridgehead atoms. The highest BCUT2D eigenvalue weighted by Gasteiger charge is 2.16. The second kappa shape index (κ2) is 5.93. The number of morpholine rings is 1. The summed E-state index contributed by atoms with van der Waals surface area (Å²) in [4.78, 5) is 11.8. The monoisotopic (exact) mass is 252 g/mol. The van der Waals surface area contributed by atoms with Crippen LogP contribution in [0, 0.1) is 12.7 Å². The number of halogens is 1. The van der Waals surface area contributed by atoms with Crippen LogP contribution in [0.1, 0.15) is 15.9 Å². The van der Waals surface area contributed by atoms with Gasteiger partial charge in [0.25, 0.3) is 5.91 Å². The number of rotatable bonds is 3. The van der Waals surface area contributed by atoms with Gasteiger partial charge in [0.15, 0.2) is 0 Å². The van der Waals surface area contributed by atoms with E-state index >= 15 is 0 Å². The van der Waals surface area contributed by atoms with E-state index in [-0.39, 0.29) is 11.7 Å². The van der Waals surface area contributed by atoms with Crippen LogP contribution < -0.4 is 10.6 Å². The van der Waals surface area contributed by atoms with Gasteiger partial charge in [-0.15, -0.1) is 0 Å². The third-order valence-corrected chi connectivity index (χ3v) is 2.86. The highest BCUT2D eigenvalue weighted by atomic mass is 19.1. The number of nitrogens with one attached hydrogen (secondary N) is 2. The van der Waals surface area contributed by atoms with Crippen LogP contribution in [-0.4, -0.2) is 38.3 Å². The molecule has 2 N–H and O–H groups in total. The fourth-order valence-corrected chi connectivity index (χ4v) is 1.86. The Morgan fingerprint density at radius 2 is 2.44 bits per heavy atom. The van der Waals surface area contributed by atoms with Crippen LogP contribution in [0.3, 0.4) is 0 Å². The molecule has 1 aromatic rings. The highest BCUT2D eigenvalue weighted by molar-refractivity contribution is 5.94. The lowest BCUT2D eigenvalue weighted by Gasteiger charge is -2.23. The van der Waals surface area contributed by atoms with Crippen molar-refractivity contribution in [1.29, 1.82) is 0 Å². The van der Waals surface area contributed by atoms with Gasteiger partial charge in [-0.05, 0) is 24.6 Å². The van der Waals surface area contributed by atoms with E-state index in [1.54, 1.807) is 13.0 Å². The summed E-state index contributed by atoms with van der Waals surface area (Å²) in [7, 11) is 0. The summed E-state index contributed by atoms with van der Waals surface area (Å²) < 4.78 is 19.0. The Morgan fingerprint density at radius 3 is 3.11 bits per heavy atom. The molecule has 1 atom stereocenters. The molecule has 1 aliphatic heterocycles. The van der Waals surface area contributed by atoms with Crippen LogP contribution in [-0.2, 0) is 4.74 Å². The van der Waals surface area contributed by atoms with Crippen molar-refractivity contribution in [2.75, 3.05) is 26.2 Å². The molecule has 1 fully saturated rings. The van der Waals surface area contributed by atoms with Crippen LogP contribution >= 0.6 is 0 Å². The van der Waals surface area contributed by atoms with Gasteiger partial charge in [0.1, 0.15) is 5.82 Å². The number of carbonyl (C=O) groups excluding carboxylic acids is 1. The number of amides is 1. The van der Waals surface area contributed by atoms with E-state index in [4.69, 9.17) is 4.74 Å². The first-order valence-corrected chi connectivity index (χ1v) is 6.03. The van der Waals surface area contributed by atoms with Gasteiger partial charge in [-0.25, -0.2) is 4.39 Å². The van der Waals surface area contributed by atoms with Crippen LogP contribution in [0.15, 0.2) is 18.2 Å². The Labute approximate surface area is 106 Å². The number of hydrogen-bond donors (Lipinski definition) is 2. The molecule has 4 nitrogen and oxygen atoms in total. The maximum Gasteiger partial charge on any atom is 0.254 e. The molecule has 98 valence electrons. The molecule has 1 unspecified atom stereocenters. The molecule has 0 spiro atoms. The van der Waals surface area contributed by atoms with Crippen LogP contribution in [0.4, 0.5) is 4.39 Å². The maximum atomic E-state index is 13.6. The van der Waals surface area contributed by atoms with Crippen molar-refractivity contribution in [3.8, 4) is 0 Å². The van der Waals surface area contributed by atoms with Crippen molar-refractivity contribution in [3.05, 3.63) is 35.1 Å². The van der Waals surface area contributed by atoms with Gasteiger partial charge >= 0.3 is 0 Å². The molecule has 5 heteroatoms. The second-order valence-corrected chi connectivity index (χ2v) is 4.39. The molecule has 2 rings (SSSR count). The van der Waals surface area contributed by atoms with E-state index in [2.05, 4.69) is 10.6 Å². The van der Waals surface area contributed by atoms with E-state index < -0.39 is 11.7 Å². The maximum absolute atomic E-state index is 13.6. The van der Waals surface area contributed by atoms with Crippen LogP contribution in [0.25, 0.3) is 0 Å². The van der Waals surface area contributed by atoms with Gasteiger partial charge < -0.3 is 15.4 Å². The minimum atomic E-state index is -0.491. The lowest BCUT2D eigenvalue weighted by atomic mass is 10.1. The molecular weight excluding hydrogens is 235 g/mol. The summed E-state index contributed by atoms with van der Waals surface area (Å²) in [5.41, 5.74) is 0.869. The molecule has 0 aromatic heterocycles. The Kier molecular flexibility index (Phi) is 4.28. The summed E-state index contributed by atoms with van der Waals surface area (Å²) in [6.07, 6.45) is -0.0452. The second-order valence-electron chi connectivity index (χ2n) is 4.39. The van der Waals surface area contributed by atoms with E-state index in [1.807, 2.05) is 0 Å². The first-order valence-electron chi connectivity index (χ1n) is 6.03. The van der Waals surface area contributed by atoms with Gasteiger partial charge in [0.2, 0.25) is 0 Å². The number of carbonyl (C=O) groups is 1. The van der Waals surface area contributed by atoms with Crippen molar-refractivity contribution in [3.63, 3.8) is 0 Å². The molecule has 0 radical (unpaired) electrons. The number of benzene rings is 1. The molecule has 0 saturated carbocycles. The predicted molar refractivity (Wildman–Crippen MR) is 66.1 cm³/mol. The largest absolute Gasteiger partial charge is 0.374 e. The van der Waals surface area contributed by atoms with Crippen molar-refractivity contribution in [2.24, 2.45) is 0 Å². The predicted octanol–water partition coefficient (Wildman–Crippen LogP) is 0.852.